The van der Waals surface area contributed by atoms with Crippen LogP contribution in [0.3, 0.4) is 0 Å². The highest BCUT2D eigenvalue weighted by Crippen LogP contribution is 2.24. The van der Waals surface area contributed by atoms with E-state index in [2.05, 4.69) is 37.0 Å². The van der Waals surface area contributed by atoms with Gasteiger partial charge in [0, 0.05) is 0 Å². The number of nitrogens with zero attached hydrogens (tertiary/aromatic N) is 2. The number of aromatic nitrogens is 1. The Bertz CT molecular complexity index is 565. The Morgan fingerprint density at radius 2 is 2.28 bits per heavy atom. The highest BCUT2D eigenvalue weighted by atomic mass is 32.1. The zero-order valence-electron chi connectivity index (χ0n) is 10.9. The van der Waals surface area contributed by atoms with Crippen molar-refractivity contribution in [1.29, 1.82) is 5.26 Å². The van der Waals surface area contributed by atoms with E-state index >= 15 is 0 Å². The van der Waals surface area contributed by atoms with Crippen LogP contribution in [0.15, 0.2) is 18.2 Å². The van der Waals surface area contributed by atoms with Gasteiger partial charge in [0.05, 0.1) is 10.2 Å². The fourth-order valence-electron chi connectivity index (χ4n) is 2.20. The van der Waals surface area contributed by atoms with E-state index in [-0.39, 0.29) is 0 Å². The summed E-state index contributed by atoms with van der Waals surface area (Å²) >= 11 is 1.48. The van der Waals surface area contributed by atoms with Crippen molar-refractivity contribution in [2.45, 2.75) is 39.5 Å². The molecule has 0 saturated carbocycles. The SMILES string of the molecule is CCCCC(C)Cc1ccc2nc(C#N)sc2c1. The number of unbranched alkanes of at least 4 members (excludes halogenated alkanes) is 1. The first-order valence-electron chi connectivity index (χ1n) is 6.52. The predicted octanol–water partition coefficient (Wildman–Crippen LogP) is 4.54. The number of hydrogen-bond donors (Lipinski definition) is 0. The van der Waals surface area contributed by atoms with E-state index in [0.29, 0.717) is 5.01 Å². The van der Waals surface area contributed by atoms with Gasteiger partial charge in [0.15, 0.2) is 5.01 Å². The van der Waals surface area contributed by atoms with E-state index in [0.717, 1.165) is 22.6 Å². The van der Waals surface area contributed by atoms with Gasteiger partial charge < -0.3 is 0 Å². The summed E-state index contributed by atoms with van der Waals surface area (Å²) in [6.45, 7) is 4.55. The monoisotopic (exact) mass is 258 g/mol. The molecule has 0 N–H and O–H groups in total. The van der Waals surface area contributed by atoms with Crippen molar-refractivity contribution >= 4 is 21.6 Å². The van der Waals surface area contributed by atoms with Gasteiger partial charge in [0.25, 0.3) is 0 Å². The fraction of sp³-hybridized carbons (Fsp3) is 0.467. The smallest absolute Gasteiger partial charge is 0.195 e. The maximum atomic E-state index is 8.85. The van der Waals surface area contributed by atoms with Gasteiger partial charge in [-0.1, -0.05) is 39.2 Å². The first-order chi connectivity index (χ1) is 8.72. The van der Waals surface area contributed by atoms with E-state index in [1.807, 2.05) is 6.07 Å². The van der Waals surface area contributed by atoms with Crippen LogP contribution in [0, 0.1) is 17.2 Å². The van der Waals surface area contributed by atoms with Gasteiger partial charge in [-0.3, -0.25) is 0 Å². The molecule has 94 valence electrons. The topological polar surface area (TPSA) is 36.7 Å². The second-order valence-corrected chi connectivity index (χ2v) is 5.92. The highest BCUT2D eigenvalue weighted by molar-refractivity contribution is 7.19. The first-order valence-corrected chi connectivity index (χ1v) is 7.34. The van der Waals surface area contributed by atoms with Crippen LogP contribution in [0.2, 0.25) is 0 Å². The molecule has 1 heterocycles. The third-order valence-electron chi connectivity index (χ3n) is 3.18. The van der Waals surface area contributed by atoms with Gasteiger partial charge in [-0.15, -0.1) is 11.3 Å². The van der Waals surface area contributed by atoms with E-state index < -0.39 is 0 Å². The number of thiazole rings is 1. The summed E-state index contributed by atoms with van der Waals surface area (Å²) in [5, 5.41) is 9.41. The lowest BCUT2D eigenvalue weighted by Gasteiger charge is -2.10. The van der Waals surface area contributed by atoms with Gasteiger partial charge in [0.1, 0.15) is 6.07 Å². The second-order valence-electron chi connectivity index (χ2n) is 4.88. The fourth-order valence-corrected chi connectivity index (χ4v) is 3.03. The van der Waals surface area contributed by atoms with E-state index in [9.17, 15) is 0 Å². The summed E-state index contributed by atoms with van der Waals surface area (Å²) in [6.07, 6.45) is 4.99. The molecule has 2 rings (SSSR count). The van der Waals surface area contributed by atoms with Crippen LogP contribution < -0.4 is 0 Å². The molecule has 0 bridgehead atoms. The molecule has 0 saturated heterocycles. The predicted molar refractivity (Wildman–Crippen MR) is 76.7 cm³/mol. The summed E-state index contributed by atoms with van der Waals surface area (Å²) in [5.74, 6) is 0.728. The van der Waals surface area contributed by atoms with Crippen molar-refractivity contribution in [3.05, 3.63) is 28.8 Å². The van der Waals surface area contributed by atoms with Crippen molar-refractivity contribution in [2.24, 2.45) is 5.92 Å². The number of fused-ring (bicyclic) bond motifs is 1. The number of nitriles is 1. The molecule has 3 heteroatoms. The number of rotatable bonds is 5. The maximum Gasteiger partial charge on any atom is 0.195 e. The molecule has 2 aromatic rings. The van der Waals surface area contributed by atoms with Gasteiger partial charge in [-0.25, -0.2) is 4.98 Å². The van der Waals surface area contributed by atoms with Crippen LogP contribution >= 0.6 is 11.3 Å². The zero-order chi connectivity index (χ0) is 13.0. The maximum absolute atomic E-state index is 8.85. The Morgan fingerprint density at radius 3 is 3.00 bits per heavy atom. The lowest BCUT2D eigenvalue weighted by atomic mass is 9.96. The van der Waals surface area contributed by atoms with Crippen molar-refractivity contribution in [2.75, 3.05) is 0 Å². The molecule has 1 atom stereocenters. The van der Waals surface area contributed by atoms with E-state index in [1.165, 1.54) is 36.2 Å². The second kappa shape index (κ2) is 5.97. The molecule has 0 aliphatic rings. The lowest BCUT2D eigenvalue weighted by Crippen LogP contribution is -1.99. The van der Waals surface area contributed by atoms with Crippen molar-refractivity contribution in [3.63, 3.8) is 0 Å². The summed E-state index contributed by atoms with van der Waals surface area (Å²) in [6, 6.07) is 8.48. The molecule has 2 nitrogen and oxygen atoms in total. The molecule has 0 amide bonds. The van der Waals surface area contributed by atoms with Crippen molar-refractivity contribution in [1.82, 2.24) is 4.98 Å². The summed E-state index contributed by atoms with van der Waals surface area (Å²) < 4.78 is 1.13. The van der Waals surface area contributed by atoms with Crippen LogP contribution in [-0.2, 0) is 6.42 Å². The molecule has 0 radical (unpaired) electrons. The quantitative estimate of drug-likeness (QED) is 0.789. The Hall–Kier alpha value is -1.40. The molecule has 18 heavy (non-hydrogen) atoms. The summed E-state index contributed by atoms with van der Waals surface area (Å²) in [4.78, 5) is 4.26. The standard InChI is InChI=1S/C15H18N2S/c1-3-4-5-11(2)8-12-6-7-13-14(9-12)18-15(10-16)17-13/h6-7,9,11H,3-5,8H2,1-2H3. The Balaban J connectivity index is 2.12. The van der Waals surface area contributed by atoms with Crippen LogP contribution in [0.25, 0.3) is 10.2 Å². The Kier molecular flexibility index (Phi) is 4.33. The zero-order valence-corrected chi connectivity index (χ0v) is 11.8. The minimum absolute atomic E-state index is 0.557. The average molecular weight is 258 g/mol. The molecular weight excluding hydrogens is 240 g/mol. The average Bonchev–Trinajstić information content (AvgIpc) is 2.78. The highest BCUT2D eigenvalue weighted by Gasteiger charge is 2.07. The minimum atomic E-state index is 0.557. The van der Waals surface area contributed by atoms with E-state index in [4.69, 9.17) is 5.26 Å². The van der Waals surface area contributed by atoms with Crippen molar-refractivity contribution < 1.29 is 0 Å². The third-order valence-corrected chi connectivity index (χ3v) is 4.11. The van der Waals surface area contributed by atoms with Crippen LogP contribution in [-0.4, -0.2) is 4.98 Å². The number of hydrogen-bond acceptors (Lipinski definition) is 3. The normalized spacial score (nSPS) is 12.5. The lowest BCUT2D eigenvalue weighted by molar-refractivity contribution is 0.504. The molecule has 0 aliphatic carbocycles. The van der Waals surface area contributed by atoms with Crippen LogP contribution in [0.5, 0.6) is 0 Å². The molecule has 0 aliphatic heterocycles. The summed E-state index contributed by atoms with van der Waals surface area (Å²) in [5.41, 5.74) is 2.31. The first kappa shape index (κ1) is 13.0. The molecule has 1 aromatic heterocycles. The summed E-state index contributed by atoms with van der Waals surface area (Å²) in [7, 11) is 0. The van der Waals surface area contributed by atoms with Gasteiger partial charge >= 0.3 is 0 Å². The Morgan fingerprint density at radius 1 is 1.44 bits per heavy atom. The van der Waals surface area contributed by atoms with Gasteiger partial charge in [0.2, 0.25) is 0 Å². The third kappa shape index (κ3) is 3.08. The largest absolute Gasteiger partial charge is 0.226 e. The van der Waals surface area contributed by atoms with Gasteiger partial charge in [-0.2, -0.15) is 5.26 Å². The van der Waals surface area contributed by atoms with Crippen molar-refractivity contribution in [3.8, 4) is 6.07 Å². The molecule has 0 spiro atoms. The Labute approximate surface area is 112 Å². The number of benzene rings is 1. The van der Waals surface area contributed by atoms with E-state index in [1.54, 1.807) is 0 Å². The molecular formula is C15H18N2S. The molecule has 1 unspecified atom stereocenters. The minimum Gasteiger partial charge on any atom is -0.226 e. The van der Waals surface area contributed by atoms with Crippen LogP contribution in [0.1, 0.15) is 43.7 Å². The molecule has 1 aromatic carbocycles. The molecule has 0 fully saturated rings. The van der Waals surface area contributed by atoms with Crippen LogP contribution in [0.4, 0.5) is 0 Å². The van der Waals surface area contributed by atoms with Gasteiger partial charge in [-0.05, 0) is 30.0 Å².